The standard InChI is InChI=1S/C15H24N2/c1-3-4-5-8-17(2)12-13-6-7-14-10-16-11-15(14)9-13/h6-7,9,16H,3-5,8,10-12H2,1-2H3. The Balaban J connectivity index is 1.86. The number of unbranched alkanes of at least 4 members (excludes halogenated alkanes) is 2. The highest BCUT2D eigenvalue weighted by Crippen LogP contribution is 2.17. The second kappa shape index (κ2) is 6.18. The van der Waals surface area contributed by atoms with E-state index in [4.69, 9.17) is 0 Å². The van der Waals surface area contributed by atoms with Gasteiger partial charge in [0, 0.05) is 19.6 Å². The van der Waals surface area contributed by atoms with Crippen LogP contribution in [0.25, 0.3) is 0 Å². The lowest BCUT2D eigenvalue weighted by atomic mass is 10.1. The van der Waals surface area contributed by atoms with Gasteiger partial charge in [-0.15, -0.1) is 0 Å². The van der Waals surface area contributed by atoms with Crippen molar-refractivity contribution in [3.05, 3.63) is 34.9 Å². The molecule has 0 saturated carbocycles. The van der Waals surface area contributed by atoms with Crippen LogP contribution in [0.1, 0.15) is 42.9 Å². The molecule has 1 aromatic rings. The predicted octanol–water partition coefficient (Wildman–Crippen LogP) is 2.91. The molecule has 0 aliphatic carbocycles. The number of rotatable bonds is 6. The Labute approximate surface area is 105 Å². The van der Waals surface area contributed by atoms with Gasteiger partial charge in [0.2, 0.25) is 0 Å². The van der Waals surface area contributed by atoms with Crippen molar-refractivity contribution in [2.45, 2.75) is 45.8 Å². The molecule has 0 unspecified atom stereocenters. The Morgan fingerprint density at radius 3 is 2.82 bits per heavy atom. The van der Waals surface area contributed by atoms with Gasteiger partial charge >= 0.3 is 0 Å². The molecule has 0 aromatic heterocycles. The average Bonchev–Trinajstić information content (AvgIpc) is 2.76. The molecule has 0 atom stereocenters. The van der Waals surface area contributed by atoms with E-state index in [1.165, 1.54) is 42.5 Å². The molecule has 2 heteroatoms. The Morgan fingerprint density at radius 2 is 2.00 bits per heavy atom. The van der Waals surface area contributed by atoms with Crippen LogP contribution in [0.4, 0.5) is 0 Å². The summed E-state index contributed by atoms with van der Waals surface area (Å²) < 4.78 is 0. The molecule has 0 fully saturated rings. The van der Waals surface area contributed by atoms with Crippen LogP contribution in [0.3, 0.4) is 0 Å². The SMILES string of the molecule is CCCCCN(C)Cc1ccc2c(c1)CNC2. The van der Waals surface area contributed by atoms with Crippen LogP contribution in [0, 0.1) is 0 Å². The van der Waals surface area contributed by atoms with E-state index in [9.17, 15) is 0 Å². The number of hydrogen-bond donors (Lipinski definition) is 1. The van der Waals surface area contributed by atoms with Crippen molar-refractivity contribution in [1.29, 1.82) is 0 Å². The largest absolute Gasteiger partial charge is 0.309 e. The lowest BCUT2D eigenvalue weighted by Gasteiger charge is -2.17. The number of hydrogen-bond acceptors (Lipinski definition) is 2. The first-order chi connectivity index (χ1) is 8.29. The minimum Gasteiger partial charge on any atom is -0.309 e. The molecule has 0 amide bonds. The zero-order chi connectivity index (χ0) is 12.1. The fourth-order valence-corrected chi connectivity index (χ4v) is 2.47. The fraction of sp³-hybridized carbons (Fsp3) is 0.600. The monoisotopic (exact) mass is 232 g/mol. The molecule has 94 valence electrons. The third-order valence-electron chi connectivity index (χ3n) is 3.50. The van der Waals surface area contributed by atoms with Crippen LogP contribution >= 0.6 is 0 Å². The molecular weight excluding hydrogens is 208 g/mol. The highest BCUT2D eigenvalue weighted by atomic mass is 15.1. The number of benzene rings is 1. The summed E-state index contributed by atoms with van der Waals surface area (Å²) in [6.45, 7) is 6.64. The topological polar surface area (TPSA) is 15.3 Å². The first-order valence-electron chi connectivity index (χ1n) is 6.79. The second-order valence-electron chi connectivity index (χ2n) is 5.15. The Morgan fingerprint density at radius 1 is 1.18 bits per heavy atom. The van der Waals surface area contributed by atoms with E-state index < -0.39 is 0 Å². The van der Waals surface area contributed by atoms with Gasteiger partial charge in [-0.1, -0.05) is 38.0 Å². The van der Waals surface area contributed by atoms with E-state index in [0.717, 1.165) is 19.6 Å². The van der Waals surface area contributed by atoms with Crippen molar-refractivity contribution in [3.8, 4) is 0 Å². The van der Waals surface area contributed by atoms with E-state index in [2.05, 4.69) is 42.4 Å². The van der Waals surface area contributed by atoms with E-state index in [1.807, 2.05) is 0 Å². The van der Waals surface area contributed by atoms with Crippen molar-refractivity contribution in [2.24, 2.45) is 0 Å². The number of fused-ring (bicyclic) bond motifs is 1. The molecule has 0 radical (unpaired) electrons. The zero-order valence-electron chi connectivity index (χ0n) is 11.1. The van der Waals surface area contributed by atoms with Crippen molar-refractivity contribution in [2.75, 3.05) is 13.6 Å². The first-order valence-corrected chi connectivity index (χ1v) is 6.79. The summed E-state index contributed by atoms with van der Waals surface area (Å²) >= 11 is 0. The minimum atomic E-state index is 1.04. The van der Waals surface area contributed by atoms with Crippen molar-refractivity contribution >= 4 is 0 Å². The summed E-state index contributed by atoms with van der Waals surface area (Å²) in [6, 6.07) is 6.93. The minimum absolute atomic E-state index is 1.04. The Bertz CT molecular complexity index is 360. The van der Waals surface area contributed by atoms with Gasteiger partial charge in [-0.3, -0.25) is 0 Å². The van der Waals surface area contributed by atoms with Crippen LogP contribution in [0.5, 0.6) is 0 Å². The summed E-state index contributed by atoms with van der Waals surface area (Å²) in [5.74, 6) is 0. The normalized spacial score (nSPS) is 14.3. The molecular formula is C15H24N2. The van der Waals surface area contributed by atoms with Crippen LogP contribution < -0.4 is 5.32 Å². The van der Waals surface area contributed by atoms with Crippen LogP contribution in [0.2, 0.25) is 0 Å². The van der Waals surface area contributed by atoms with Gasteiger partial charge in [0.05, 0.1) is 0 Å². The lowest BCUT2D eigenvalue weighted by Crippen LogP contribution is -2.19. The molecule has 0 spiro atoms. The van der Waals surface area contributed by atoms with Crippen LogP contribution in [0.15, 0.2) is 18.2 Å². The summed E-state index contributed by atoms with van der Waals surface area (Å²) in [5.41, 5.74) is 4.42. The number of nitrogens with one attached hydrogen (secondary N) is 1. The highest BCUT2D eigenvalue weighted by molar-refractivity contribution is 5.34. The molecule has 1 aromatic carbocycles. The average molecular weight is 232 g/mol. The molecule has 1 heterocycles. The second-order valence-corrected chi connectivity index (χ2v) is 5.15. The van der Waals surface area contributed by atoms with Gasteiger partial charge in [0.1, 0.15) is 0 Å². The van der Waals surface area contributed by atoms with E-state index >= 15 is 0 Å². The van der Waals surface area contributed by atoms with Crippen LogP contribution in [-0.4, -0.2) is 18.5 Å². The number of nitrogens with zero attached hydrogens (tertiary/aromatic N) is 1. The van der Waals surface area contributed by atoms with Gasteiger partial charge in [0.25, 0.3) is 0 Å². The maximum absolute atomic E-state index is 3.40. The molecule has 2 nitrogen and oxygen atoms in total. The Kier molecular flexibility index (Phi) is 4.57. The third kappa shape index (κ3) is 3.55. The van der Waals surface area contributed by atoms with Crippen molar-refractivity contribution in [1.82, 2.24) is 10.2 Å². The van der Waals surface area contributed by atoms with Gasteiger partial charge in [-0.25, -0.2) is 0 Å². The first kappa shape index (κ1) is 12.6. The summed E-state index contributed by atoms with van der Waals surface area (Å²) in [7, 11) is 2.22. The Hall–Kier alpha value is -0.860. The fourth-order valence-electron chi connectivity index (χ4n) is 2.47. The molecule has 2 rings (SSSR count). The molecule has 1 N–H and O–H groups in total. The third-order valence-corrected chi connectivity index (χ3v) is 3.50. The van der Waals surface area contributed by atoms with Gasteiger partial charge in [-0.05, 0) is 36.7 Å². The summed E-state index contributed by atoms with van der Waals surface area (Å²) in [5, 5.41) is 3.40. The van der Waals surface area contributed by atoms with E-state index in [-0.39, 0.29) is 0 Å². The smallest absolute Gasteiger partial charge is 0.0230 e. The molecule has 1 aliphatic rings. The highest BCUT2D eigenvalue weighted by Gasteiger charge is 2.10. The summed E-state index contributed by atoms with van der Waals surface area (Å²) in [6.07, 6.45) is 3.97. The predicted molar refractivity (Wildman–Crippen MR) is 72.8 cm³/mol. The maximum Gasteiger partial charge on any atom is 0.0230 e. The lowest BCUT2D eigenvalue weighted by molar-refractivity contribution is 0.318. The molecule has 0 saturated heterocycles. The molecule has 17 heavy (non-hydrogen) atoms. The van der Waals surface area contributed by atoms with Gasteiger partial charge in [-0.2, -0.15) is 0 Å². The quantitative estimate of drug-likeness (QED) is 0.759. The molecule has 1 aliphatic heterocycles. The van der Waals surface area contributed by atoms with Gasteiger partial charge < -0.3 is 10.2 Å². The zero-order valence-corrected chi connectivity index (χ0v) is 11.1. The van der Waals surface area contributed by atoms with E-state index in [1.54, 1.807) is 0 Å². The van der Waals surface area contributed by atoms with Crippen LogP contribution in [-0.2, 0) is 19.6 Å². The summed E-state index contributed by atoms with van der Waals surface area (Å²) in [4.78, 5) is 2.43. The van der Waals surface area contributed by atoms with Crippen molar-refractivity contribution < 1.29 is 0 Å². The van der Waals surface area contributed by atoms with E-state index in [0.29, 0.717) is 0 Å². The van der Waals surface area contributed by atoms with Gasteiger partial charge in [0.15, 0.2) is 0 Å². The van der Waals surface area contributed by atoms with Crippen molar-refractivity contribution in [3.63, 3.8) is 0 Å². The molecule has 0 bridgehead atoms. The maximum atomic E-state index is 3.40.